The second-order valence-electron chi connectivity index (χ2n) is 10.5. The van der Waals surface area contributed by atoms with Gasteiger partial charge in [0.15, 0.2) is 0 Å². The number of hydrogen-bond donors (Lipinski definition) is 1. The Morgan fingerprint density at radius 1 is 1.00 bits per heavy atom. The number of imide groups is 1. The molecule has 200 valence electrons. The number of amides is 3. The molecule has 1 N–H and O–H groups in total. The normalized spacial score (nSPS) is 18.8. The van der Waals surface area contributed by atoms with E-state index < -0.39 is 30.3 Å². The molecule has 2 aromatic carbocycles. The fourth-order valence-electron chi connectivity index (χ4n) is 4.77. The zero-order valence-electron chi connectivity index (χ0n) is 22.4. The number of carbonyl (C=O) groups is 3. The second kappa shape index (κ2) is 13.8. The lowest BCUT2D eigenvalue weighted by atomic mass is 9.89. The van der Waals surface area contributed by atoms with E-state index in [0.717, 1.165) is 30.4 Å². The zero-order chi connectivity index (χ0) is 26.8. The number of carbonyl (C=O) groups excluding carboxylic acids is 3. The molecule has 2 aromatic rings. The van der Waals surface area contributed by atoms with Crippen LogP contribution in [0, 0.1) is 17.8 Å². The quantitative estimate of drug-likeness (QED) is 0.354. The average Bonchev–Trinajstić information content (AvgIpc) is 3.19. The summed E-state index contributed by atoms with van der Waals surface area (Å²) < 4.78 is 10.9. The van der Waals surface area contributed by atoms with Crippen LogP contribution in [0.4, 0.5) is 9.59 Å². The molecule has 7 heteroatoms. The molecule has 3 rings (SSSR count). The average molecular weight is 509 g/mol. The number of rotatable bonds is 12. The number of benzene rings is 2. The molecule has 37 heavy (non-hydrogen) atoms. The largest absolute Gasteiger partial charge is 0.445 e. The SMILES string of the molecule is CC(C)CCC[C@@H](C)C[C@H](CNC(=O)OCc1ccccc1)C(=O)N1C(=O)O[C@H](c2ccccc2)[C@H]1C. The van der Waals surface area contributed by atoms with Gasteiger partial charge in [-0.25, -0.2) is 14.5 Å². The number of cyclic esters (lactones) is 1. The minimum absolute atomic E-state index is 0.0908. The Morgan fingerprint density at radius 2 is 1.65 bits per heavy atom. The fourth-order valence-corrected chi connectivity index (χ4v) is 4.77. The van der Waals surface area contributed by atoms with Gasteiger partial charge in [0.25, 0.3) is 0 Å². The fraction of sp³-hybridized carbons (Fsp3) is 0.500. The highest BCUT2D eigenvalue weighted by Crippen LogP contribution is 2.34. The summed E-state index contributed by atoms with van der Waals surface area (Å²) >= 11 is 0. The van der Waals surface area contributed by atoms with Crippen LogP contribution in [0.5, 0.6) is 0 Å². The van der Waals surface area contributed by atoms with Gasteiger partial charge >= 0.3 is 12.2 Å². The molecule has 0 spiro atoms. The molecule has 7 nitrogen and oxygen atoms in total. The molecule has 1 fully saturated rings. The Kier molecular flexibility index (Phi) is 10.5. The topological polar surface area (TPSA) is 84.9 Å². The molecule has 0 unspecified atom stereocenters. The first-order valence-corrected chi connectivity index (χ1v) is 13.3. The van der Waals surface area contributed by atoms with Gasteiger partial charge in [-0.15, -0.1) is 0 Å². The molecule has 0 saturated carbocycles. The van der Waals surface area contributed by atoms with Crippen molar-refractivity contribution in [1.82, 2.24) is 10.2 Å². The van der Waals surface area contributed by atoms with Crippen molar-refractivity contribution in [3.8, 4) is 0 Å². The van der Waals surface area contributed by atoms with Crippen LogP contribution in [-0.4, -0.2) is 35.6 Å². The van der Waals surface area contributed by atoms with Gasteiger partial charge < -0.3 is 14.8 Å². The van der Waals surface area contributed by atoms with Crippen molar-refractivity contribution in [2.75, 3.05) is 6.54 Å². The molecule has 1 aliphatic rings. The van der Waals surface area contributed by atoms with Crippen molar-refractivity contribution in [2.24, 2.45) is 17.8 Å². The molecule has 1 saturated heterocycles. The summed E-state index contributed by atoms with van der Waals surface area (Å²) in [5.41, 5.74) is 1.73. The summed E-state index contributed by atoms with van der Waals surface area (Å²) in [5, 5.41) is 2.75. The summed E-state index contributed by atoms with van der Waals surface area (Å²) in [4.78, 5) is 40.1. The Morgan fingerprint density at radius 3 is 2.30 bits per heavy atom. The molecule has 0 aromatic heterocycles. The number of ether oxygens (including phenoxy) is 2. The van der Waals surface area contributed by atoms with Gasteiger partial charge in [-0.3, -0.25) is 4.79 Å². The molecule has 1 aliphatic heterocycles. The smallest absolute Gasteiger partial charge is 0.417 e. The maximum Gasteiger partial charge on any atom is 0.417 e. The van der Waals surface area contributed by atoms with Crippen LogP contribution >= 0.6 is 0 Å². The van der Waals surface area contributed by atoms with Crippen molar-refractivity contribution in [2.45, 2.75) is 72.1 Å². The number of alkyl carbamates (subject to hydrolysis) is 1. The minimum Gasteiger partial charge on any atom is -0.445 e. The summed E-state index contributed by atoms with van der Waals surface area (Å²) in [6.07, 6.45) is 1.98. The van der Waals surface area contributed by atoms with Crippen molar-refractivity contribution >= 4 is 18.1 Å². The third kappa shape index (κ3) is 8.34. The maximum atomic E-state index is 13.7. The first kappa shape index (κ1) is 28.2. The van der Waals surface area contributed by atoms with E-state index in [2.05, 4.69) is 26.1 Å². The molecule has 0 aliphatic carbocycles. The van der Waals surface area contributed by atoms with Crippen molar-refractivity contribution in [1.29, 1.82) is 0 Å². The van der Waals surface area contributed by atoms with Gasteiger partial charge in [0.05, 0.1) is 12.0 Å². The van der Waals surface area contributed by atoms with Gasteiger partial charge in [-0.05, 0) is 36.3 Å². The van der Waals surface area contributed by atoms with E-state index >= 15 is 0 Å². The summed E-state index contributed by atoms with van der Waals surface area (Å²) in [6.45, 7) is 8.58. The van der Waals surface area contributed by atoms with Gasteiger partial charge in [-0.1, -0.05) is 101 Å². The third-order valence-corrected chi connectivity index (χ3v) is 6.86. The van der Waals surface area contributed by atoms with E-state index in [-0.39, 0.29) is 25.0 Å². The van der Waals surface area contributed by atoms with Gasteiger partial charge in [-0.2, -0.15) is 0 Å². The first-order valence-electron chi connectivity index (χ1n) is 13.3. The summed E-state index contributed by atoms with van der Waals surface area (Å²) in [6, 6.07) is 18.4. The number of nitrogens with one attached hydrogen (secondary N) is 1. The Balaban J connectivity index is 1.66. The molecule has 4 atom stereocenters. The van der Waals surface area contributed by atoms with E-state index in [9.17, 15) is 14.4 Å². The van der Waals surface area contributed by atoms with E-state index in [0.29, 0.717) is 12.3 Å². The first-order chi connectivity index (χ1) is 17.8. The van der Waals surface area contributed by atoms with Gasteiger partial charge in [0, 0.05) is 6.54 Å². The maximum absolute atomic E-state index is 13.7. The number of nitrogens with zero attached hydrogens (tertiary/aromatic N) is 1. The predicted molar refractivity (Wildman–Crippen MR) is 143 cm³/mol. The highest BCUT2D eigenvalue weighted by Gasteiger charge is 2.45. The van der Waals surface area contributed by atoms with Crippen LogP contribution in [0.15, 0.2) is 60.7 Å². The lowest BCUT2D eigenvalue weighted by Crippen LogP contribution is -2.45. The summed E-state index contributed by atoms with van der Waals surface area (Å²) in [5.74, 6) is -0.00708. The number of hydrogen-bond acceptors (Lipinski definition) is 5. The van der Waals surface area contributed by atoms with Crippen molar-refractivity contribution < 1.29 is 23.9 Å². The van der Waals surface area contributed by atoms with Crippen LogP contribution in [0.1, 0.15) is 70.6 Å². The van der Waals surface area contributed by atoms with E-state index in [4.69, 9.17) is 9.47 Å². The summed E-state index contributed by atoms with van der Waals surface area (Å²) in [7, 11) is 0. The van der Waals surface area contributed by atoms with Crippen LogP contribution in [0.25, 0.3) is 0 Å². The third-order valence-electron chi connectivity index (χ3n) is 6.86. The minimum atomic E-state index is -0.643. The van der Waals surface area contributed by atoms with Crippen LogP contribution in [0.3, 0.4) is 0 Å². The van der Waals surface area contributed by atoms with E-state index in [1.807, 2.05) is 67.6 Å². The highest BCUT2D eigenvalue weighted by atomic mass is 16.6. The highest BCUT2D eigenvalue weighted by molar-refractivity contribution is 5.95. The van der Waals surface area contributed by atoms with E-state index in [1.54, 1.807) is 0 Å². The predicted octanol–water partition coefficient (Wildman–Crippen LogP) is 6.49. The molecule has 3 amide bonds. The van der Waals surface area contributed by atoms with Gasteiger partial charge in [0.1, 0.15) is 12.7 Å². The van der Waals surface area contributed by atoms with Crippen molar-refractivity contribution in [3.63, 3.8) is 0 Å². The van der Waals surface area contributed by atoms with Crippen LogP contribution in [0.2, 0.25) is 0 Å². The Bertz CT molecular complexity index is 1010. The monoisotopic (exact) mass is 508 g/mol. The molecular formula is C30H40N2O5. The second-order valence-corrected chi connectivity index (χ2v) is 10.5. The molecule has 1 heterocycles. The van der Waals surface area contributed by atoms with Crippen molar-refractivity contribution in [3.05, 3.63) is 71.8 Å². The lowest BCUT2D eigenvalue weighted by molar-refractivity contribution is -0.133. The molecule has 0 radical (unpaired) electrons. The van der Waals surface area contributed by atoms with Gasteiger partial charge in [0.2, 0.25) is 5.91 Å². The van der Waals surface area contributed by atoms with Crippen LogP contribution in [-0.2, 0) is 20.9 Å². The Hall–Kier alpha value is -3.35. The standard InChI is InChI=1S/C30H40N2O5/c1-21(2)12-11-13-22(3)18-26(19-31-29(34)36-20-24-14-7-5-8-15-24)28(33)32-23(4)27(37-30(32)35)25-16-9-6-10-17-25/h5-10,14-17,21-23,26-27H,11-13,18-20H2,1-4H3,(H,31,34)/t22-,23-,26-,27+/m1/s1. The van der Waals surface area contributed by atoms with E-state index in [1.165, 1.54) is 4.90 Å². The van der Waals surface area contributed by atoms with Crippen LogP contribution < -0.4 is 5.32 Å². The molecule has 0 bridgehead atoms. The zero-order valence-corrected chi connectivity index (χ0v) is 22.4. The molecular weight excluding hydrogens is 468 g/mol. The lowest BCUT2D eigenvalue weighted by Gasteiger charge is -2.26. The Labute approximate surface area is 220 Å².